The van der Waals surface area contributed by atoms with Gasteiger partial charge in [0.2, 0.25) is 5.91 Å². The average molecular weight is 341 g/mol. The molecule has 0 aliphatic heterocycles. The zero-order valence-electron chi connectivity index (χ0n) is 14.6. The van der Waals surface area contributed by atoms with Crippen molar-refractivity contribution in [1.82, 2.24) is 15.3 Å². The third-order valence-corrected chi connectivity index (χ3v) is 4.82. The molecule has 1 aromatic carbocycles. The van der Waals surface area contributed by atoms with Crippen molar-refractivity contribution >= 4 is 5.91 Å². The van der Waals surface area contributed by atoms with Gasteiger partial charge in [-0.05, 0) is 36.6 Å². The van der Waals surface area contributed by atoms with E-state index >= 15 is 0 Å². The highest BCUT2D eigenvalue weighted by molar-refractivity contribution is 5.88. The van der Waals surface area contributed by atoms with Gasteiger partial charge in [0.1, 0.15) is 5.75 Å². The van der Waals surface area contributed by atoms with Crippen LogP contribution >= 0.6 is 0 Å². The van der Waals surface area contributed by atoms with Crippen molar-refractivity contribution in [1.29, 1.82) is 0 Å². The summed E-state index contributed by atoms with van der Waals surface area (Å²) >= 11 is 0. The van der Waals surface area contributed by atoms with Crippen LogP contribution in [-0.2, 0) is 16.8 Å². The van der Waals surface area contributed by atoms with Crippen molar-refractivity contribution in [3.05, 3.63) is 47.8 Å². The molecule has 1 aliphatic rings. The Morgan fingerprint density at radius 3 is 2.72 bits per heavy atom. The Balaban J connectivity index is 1.78. The van der Waals surface area contributed by atoms with Crippen LogP contribution in [0.1, 0.15) is 36.9 Å². The summed E-state index contributed by atoms with van der Waals surface area (Å²) < 4.78 is 10.4. The quantitative estimate of drug-likeness (QED) is 0.874. The minimum Gasteiger partial charge on any atom is -0.497 e. The highest BCUT2D eigenvalue weighted by atomic mass is 16.5. The first-order valence-corrected chi connectivity index (χ1v) is 8.47. The molecule has 1 aromatic heterocycles. The normalized spacial score (nSPS) is 15.6. The van der Waals surface area contributed by atoms with Crippen LogP contribution in [0.25, 0.3) is 0 Å². The molecule has 6 nitrogen and oxygen atoms in total. The molecular weight excluding hydrogens is 318 g/mol. The number of nitrogens with zero attached hydrogens (tertiary/aromatic N) is 2. The van der Waals surface area contributed by atoms with Gasteiger partial charge in [-0.1, -0.05) is 25.0 Å². The van der Waals surface area contributed by atoms with E-state index in [9.17, 15) is 4.79 Å². The number of amides is 1. The molecule has 1 fully saturated rings. The molecule has 1 amide bonds. The minimum atomic E-state index is -0.494. The number of methoxy groups -OCH3 is 2. The second-order valence-electron chi connectivity index (χ2n) is 6.24. The summed E-state index contributed by atoms with van der Waals surface area (Å²) in [5.74, 6) is 0.813. The van der Waals surface area contributed by atoms with Gasteiger partial charge in [0.05, 0.1) is 31.9 Å². The SMILES string of the molecule is COc1cccc(C2(C(=O)NCc3ccnc(OC)n3)CCCC2)c1. The standard InChI is InChI=1S/C19H23N3O3/c1-24-16-7-5-6-14(12-16)19(9-3-4-10-19)17(23)21-13-15-8-11-20-18(22-15)25-2/h5-8,11-12H,3-4,9-10,13H2,1-2H3,(H,21,23). The summed E-state index contributed by atoms with van der Waals surface area (Å²) in [5, 5.41) is 3.04. The Bertz CT molecular complexity index is 742. The number of carbonyl (C=O) groups excluding carboxylic acids is 1. The zero-order chi connectivity index (χ0) is 17.7. The number of carbonyl (C=O) groups is 1. The van der Waals surface area contributed by atoms with Crippen molar-refractivity contribution < 1.29 is 14.3 Å². The van der Waals surface area contributed by atoms with Gasteiger partial charge >= 0.3 is 6.01 Å². The Hall–Kier alpha value is -2.63. The minimum absolute atomic E-state index is 0.0378. The number of hydrogen-bond acceptors (Lipinski definition) is 5. The van der Waals surface area contributed by atoms with Crippen LogP contribution in [0.2, 0.25) is 0 Å². The number of hydrogen-bond donors (Lipinski definition) is 1. The zero-order valence-corrected chi connectivity index (χ0v) is 14.6. The molecule has 0 bridgehead atoms. The summed E-state index contributed by atoms with van der Waals surface area (Å²) in [4.78, 5) is 21.3. The lowest BCUT2D eigenvalue weighted by atomic mass is 9.78. The molecule has 132 valence electrons. The molecule has 0 spiro atoms. The third-order valence-electron chi connectivity index (χ3n) is 4.82. The smallest absolute Gasteiger partial charge is 0.316 e. The molecule has 0 unspecified atom stereocenters. The van der Waals surface area contributed by atoms with Crippen molar-refractivity contribution in [2.45, 2.75) is 37.6 Å². The van der Waals surface area contributed by atoms with Gasteiger partial charge in [-0.25, -0.2) is 4.98 Å². The van der Waals surface area contributed by atoms with Crippen LogP contribution in [0, 0.1) is 0 Å². The van der Waals surface area contributed by atoms with E-state index in [1.165, 1.54) is 7.11 Å². The Morgan fingerprint density at radius 1 is 1.20 bits per heavy atom. The van der Waals surface area contributed by atoms with Crippen molar-refractivity contribution in [3.8, 4) is 11.8 Å². The third kappa shape index (κ3) is 3.57. The molecule has 1 N–H and O–H groups in total. The molecule has 3 rings (SSSR count). The second kappa shape index (κ2) is 7.51. The summed E-state index contributed by atoms with van der Waals surface area (Å²) in [6.07, 6.45) is 5.41. The lowest BCUT2D eigenvalue weighted by molar-refractivity contribution is -0.126. The van der Waals surface area contributed by atoms with E-state index < -0.39 is 5.41 Å². The van der Waals surface area contributed by atoms with Crippen LogP contribution in [0.4, 0.5) is 0 Å². The summed E-state index contributed by atoms with van der Waals surface area (Å²) in [5.41, 5.74) is 1.24. The molecule has 0 atom stereocenters. The predicted octanol–water partition coefficient (Wildman–Crippen LogP) is 2.62. The number of rotatable bonds is 6. The van der Waals surface area contributed by atoms with Crippen LogP contribution in [0.3, 0.4) is 0 Å². The Kier molecular flexibility index (Phi) is 5.16. The number of aromatic nitrogens is 2. The Morgan fingerprint density at radius 2 is 2.00 bits per heavy atom. The molecule has 0 saturated heterocycles. The number of ether oxygens (including phenoxy) is 2. The summed E-state index contributed by atoms with van der Waals surface area (Å²) in [6.45, 7) is 0.351. The molecule has 2 aromatic rings. The Labute approximate surface area is 147 Å². The van der Waals surface area contributed by atoms with E-state index in [0.29, 0.717) is 12.6 Å². The van der Waals surface area contributed by atoms with Gasteiger partial charge in [0.25, 0.3) is 0 Å². The van der Waals surface area contributed by atoms with Crippen molar-refractivity contribution in [3.63, 3.8) is 0 Å². The van der Waals surface area contributed by atoms with Crippen LogP contribution in [0.5, 0.6) is 11.8 Å². The number of benzene rings is 1. The van der Waals surface area contributed by atoms with Crippen molar-refractivity contribution in [2.24, 2.45) is 0 Å². The van der Waals surface area contributed by atoms with E-state index in [2.05, 4.69) is 15.3 Å². The fourth-order valence-corrected chi connectivity index (χ4v) is 3.46. The second-order valence-corrected chi connectivity index (χ2v) is 6.24. The monoisotopic (exact) mass is 341 g/mol. The topological polar surface area (TPSA) is 73.3 Å². The average Bonchev–Trinajstić information content (AvgIpc) is 3.17. The first kappa shape index (κ1) is 17.2. The molecular formula is C19H23N3O3. The first-order valence-electron chi connectivity index (χ1n) is 8.47. The van der Waals surface area contributed by atoms with Gasteiger partial charge in [-0.2, -0.15) is 4.98 Å². The molecule has 0 radical (unpaired) electrons. The van der Waals surface area contributed by atoms with Gasteiger partial charge < -0.3 is 14.8 Å². The van der Waals surface area contributed by atoms with E-state index in [4.69, 9.17) is 9.47 Å². The maximum Gasteiger partial charge on any atom is 0.316 e. The maximum atomic E-state index is 13.1. The van der Waals surface area contributed by atoms with E-state index in [1.54, 1.807) is 19.4 Å². The predicted molar refractivity (Wildman–Crippen MR) is 93.6 cm³/mol. The van der Waals surface area contributed by atoms with E-state index in [0.717, 1.165) is 42.7 Å². The number of nitrogens with one attached hydrogen (secondary N) is 1. The van der Waals surface area contributed by atoms with Gasteiger partial charge in [-0.15, -0.1) is 0 Å². The fourth-order valence-electron chi connectivity index (χ4n) is 3.46. The molecule has 6 heteroatoms. The first-order chi connectivity index (χ1) is 12.2. The van der Waals surface area contributed by atoms with Crippen LogP contribution in [-0.4, -0.2) is 30.1 Å². The lowest BCUT2D eigenvalue weighted by Gasteiger charge is -2.28. The van der Waals surface area contributed by atoms with Crippen LogP contribution in [0.15, 0.2) is 36.5 Å². The largest absolute Gasteiger partial charge is 0.497 e. The molecule has 1 saturated carbocycles. The highest BCUT2D eigenvalue weighted by Gasteiger charge is 2.42. The van der Waals surface area contributed by atoms with Crippen molar-refractivity contribution in [2.75, 3.05) is 14.2 Å². The van der Waals surface area contributed by atoms with E-state index in [1.807, 2.05) is 24.3 Å². The molecule has 1 heterocycles. The van der Waals surface area contributed by atoms with Gasteiger partial charge in [-0.3, -0.25) is 4.79 Å². The lowest BCUT2D eigenvalue weighted by Crippen LogP contribution is -2.42. The highest BCUT2D eigenvalue weighted by Crippen LogP contribution is 2.42. The van der Waals surface area contributed by atoms with Gasteiger partial charge in [0.15, 0.2) is 0 Å². The fraction of sp³-hybridized carbons (Fsp3) is 0.421. The van der Waals surface area contributed by atoms with Crippen LogP contribution < -0.4 is 14.8 Å². The summed E-state index contributed by atoms with van der Waals surface area (Å²) in [6, 6.07) is 9.90. The molecule has 25 heavy (non-hydrogen) atoms. The summed E-state index contributed by atoms with van der Waals surface area (Å²) in [7, 11) is 3.16. The maximum absolute atomic E-state index is 13.1. The van der Waals surface area contributed by atoms with Gasteiger partial charge in [0, 0.05) is 6.20 Å². The molecule has 1 aliphatic carbocycles. The van der Waals surface area contributed by atoms with E-state index in [-0.39, 0.29) is 5.91 Å².